The highest BCUT2D eigenvalue weighted by atomic mass is 16.2. The summed E-state index contributed by atoms with van der Waals surface area (Å²) in [6.45, 7) is 2.31. The maximum absolute atomic E-state index is 13.3. The lowest BCUT2D eigenvalue weighted by atomic mass is 9.73. The van der Waals surface area contributed by atoms with Crippen molar-refractivity contribution >= 4 is 23.2 Å². The topological polar surface area (TPSA) is 114 Å². The minimum Gasteiger partial charge on any atom is -0.382 e. The van der Waals surface area contributed by atoms with Gasteiger partial charge in [-0.3, -0.25) is 9.78 Å². The van der Waals surface area contributed by atoms with Crippen LogP contribution in [-0.2, 0) is 12.8 Å². The van der Waals surface area contributed by atoms with Gasteiger partial charge in [0.05, 0.1) is 17.6 Å². The number of hydrogen-bond acceptors (Lipinski definition) is 7. The van der Waals surface area contributed by atoms with Gasteiger partial charge in [0.25, 0.3) is 5.91 Å². The molecule has 1 saturated heterocycles. The molecule has 2 aromatic heterocycles. The Morgan fingerprint density at radius 3 is 2.68 bits per heavy atom. The van der Waals surface area contributed by atoms with Gasteiger partial charge in [-0.05, 0) is 60.8 Å². The molecule has 2 aliphatic heterocycles. The molecule has 4 heterocycles. The van der Waals surface area contributed by atoms with E-state index in [9.17, 15) is 4.79 Å². The molecule has 1 spiro atoms. The number of amides is 1. The van der Waals surface area contributed by atoms with Crippen LogP contribution < -0.4 is 21.3 Å². The van der Waals surface area contributed by atoms with Crippen molar-refractivity contribution in [1.29, 1.82) is 0 Å². The molecule has 0 saturated carbocycles. The van der Waals surface area contributed by atoms with Crippen LogP contribution in [-0.4, -0.2) is 40.5 Å². The van der Waals surface area contributed by atoms with Gasteiger partial charge in [0.1, 0.15) is 5.82 Å². The summed E-state index contributed by atoms with van der Waals surface area (Å²) in [6, 6.07) is 12.4. The highest BCUT2D eigenvalue weighted by Gasteiger charge is 2.46. The number of benzene rings is 1. The molecule has 6 rings (SSSR count). The summed E-state index contributed by atoms with van der Waals surface area (Å²) in [7, 11) is 0. The highest BCUT2D eigenvalue weighted by molar-refractivity contribution is 6.08. The van der Waals surface area contributed by atoms with Crippen LogP contribution in [0.1, 0.15) is 52.6 Å². The van der Waals surface area contributed by atoms with Crippen molar-refractivity contribution in [3.63, 3.8) is 0 Å². The summed E-state index contributed by atoms with van der Waals surface area (Å²) < 4.78 is 0. The fourth-order valence-electron chi connectivity index (χ4n) is 5.93. The van der Waals surface area contributed by atoms with Gasteiger partial charge in [0.15, 0.2) is 11.5 Å². The van der Waals surface area contributed by atoms with Crippen molar-refractivity contribution in [3.05, 3.63) is 71.3 Å². The van der Waals surface area contributed by atoms with Crippen LogP contribution in [0.25, 0.3) is 0 Å². The molecule has 1 fully saturated rings. The summed E-state index contributed by atoms with van der Waals surface area (Å²) in [4.78, 5) is 30.7. The van der Waals surface area contributed by atoms with Crippen molar-refractivity contribution in [1.82, 2.24) is 15.0 Å². The molecule has 1 aromatic carbocycles. The fourth-order valence-corrected chi connectivity index (χ4v) is 5.93. The van der Waals surface area contributed by atoms with E-state index in [0.29, 0.717) is 12.4 Å². The highest BCUT2D eigenvalue weighted by Crippen LogP contribution is 2.50. The number of fused-ring (bicyclic) bond motifs is 2. The zero-order valence-corrected chi connectivity index (χ0v) is 19.2. The number of anilines is 3. The average Bonchev–Trinajstić information content (AvgIpc) is 3.14. The van der Waals surface area contributed by atoms with Crippen LogP contribution in [0.5, 0.6) is 0 Å². The molecular weight excluding hydrogens is 426 g/mol. The van der Waals surface area contributed by atoms with Crippen molar-refractivity contribution in [3.8, 4) is 0 Å². The quantitative estimate of drug-likeness (QED) is 0.611. The molecule has 3 aromatic rings. The van der Waals surface area contributed by atoms with E-state index in [1.54, 1.807) is 17.3 Å². The van der Waals surface area contributed by atoms with Crippen LogP contribution in [0.3, 0.4) is 0 Å². The van der Waals surface area contributed by atoms with Crippen molar-refractivity contribution in [2.75, 3.05) is 35.2 Å². The van der Waals surface area contributed by atoms with Crippen molar-refractivity contribution < 1.29 is 4.79 Å². The van der Waals surface area contributed by atoms with E-state index >= 15 is 0 Å². The Bertz CT molecular complexity index is 1250. The maximum atomic E-state index is 13.3. The van der Waals surface area contributed by atoms with Crippen LogP contribution in [0.15, 0.2) is 48.8 Å². The van der Waals surface area contributed by atoms with E-state index in [0.717, 1.165) is 56.6 Å². The summed E-state index contributed by atoms with van der Waals surface area (Å²) in [5.74, 6) is 0.662. The number of nitrogen functional groups attached to an aromatic ring is 1. The van der Waals surface area contributed by atoms with Crippen molar-refractivity contribution in [2.45, 2.75) is 38.1 Å². The lowest BCUT2D eigenvalue weighted by Crippen LogP contribution is -2.44. The average molecular weight is 456 g/mol. The molecule has 3 aliphatic rings. The van der Waals surface area contributed by atoms with Crippen LogP contribution in [0.2, 0.25) is 0 Å². The molecule has 4 N–H and O–H groups in total. The number of aromatic nitrogens is 3. The van der Waals surface area contributed by atoms with E-state index in [1.807, 2.05) is 12.1 Å². The number of carbonyl (C=O) groups is 1. The molecule has 1 aliphatic carbocycles. The van der Waals surface area contributed by atoms with Crippen molar-refractivity contribution in [2.24, 2.45) is 11.1 Å². The number of pyridine rings is 1. The summed E-state index contributed by atoms with van der Waals surface area (Å²) in [5.41, 5.74) is 17.7. The largest absolute Gasteiger partial charge is 0.382 e. The molecule has 34 heavy (non-hydrogen) atoms. The molecule has 0 radical (unpaired) electrons. The number of carbonyl (C=O) groups excluding carboxylic acids is 1. The van der Waals surface area contributed by atoms with Crippen LogP contribution in [0.4, 0.5) is 17.3 Å². The molecule has 1 atom stereocenters. The second-order valence-corrected chi connectivity index (χ2v) is 9.69. The van der Waals surface area contributed by atoms with Gasteiger partial charge in [-0.25, -0.2) is 9.97 Å². The number of hydrogen-bond donors (Lipinski definition) is 2. The summed E-state index contributed by atoms with van der Waals surface area (Å²) in [6.07, 6.45) is 8.18. The first-order valence-electron chi connectivity index (χ1n) is 12.0. The second-order valence-electron chi connectivity index (χ2n) is 9.69. The summed E-state index contributed by atoms with van der Waals surface area (Å²) >= 11 is 0. The maximum Gasteiger partial charge on any atom is 0.280 e. The van der Waals surface area contributed by atoms with Gasteiger partial charge in [0.2, 0.25) is 0 Å². The molecule has 8 heteroatoms. The Labute approximate surface area is 199 Å². The Balaban J connectivity index is 1.18. The van der Waals surface area contributed by atoms with E-state index in [-0.39, 0.29) is 28.9 Å². The minimum atomic E-state index is -0.224. The predicted molar refractivity (Wildman–Crippen MR) is 132 cm³/mol. The zero-order valence-electron chi connectivity index (χ0n) is 19.2. The third kappa shape index (κ3) is 3.32. The third-order valence-corrected chi connectivity index (χ3v) is 7.86. The van der Waals surface area contributed by atoms with Crippen LogP contribution in [0, 0.1) is 5.41 Å². The normalized spacial score (nSPS) is 20.8. The first kappa shape index (κ1) is 21.0. The van der Waals surface area contributed by atoms with E-state index < -0.39 is 0 Å². The van der Waals surface area contributed by atoms with Gasteiger partial charge in [0, 0.05) is 31.9 Å². The molecule has 174 valence electrons. The Hall–Kier alpha value is -3.52. The predicted octanol–water partition coefficient (Wildman–Crippen LogP) is 2.89. The Kier molecular flexibility index (Phi) is 4.99. The molecule has 1 amide bonds. The van der Waals surface area contributed by atoms with E-state index in [1.165, 1.54) is 11.1 Å². The first-order chi connectivity index (χ1) is 16.6. The number of nitrogens with two attached hydrogens (primary N) is 2. The molecule has 1 unspecified atom stereocenters. The van der Waals surface area contributed by atoms with Gasteiger partial charge >= 0.3 is 0 Å². The summed E-state index contributed by atoms with van der Waals surface area (Å²) in [5, 5.41) is 0. The zero-order chi connectivity index (χ0) is 23.3. The van der Waals surface area contributed by atoms with Gasteiger partial charge in [-0.2, -0.15) is 0 Å². The smallest absolute Gasteiger partial charge is 0.280 e. The second kappa shape index (κ2) is 8.06. The molecular formula is C26H29N7O. The lowest BCUT2D eigenvalue weighted by Gasteiger charge is -2.42. The number of aryl methyl sites for hydroxylation is 1. The number of rotatable bonds is 2. The standard InChI is InChI=1S/C26H29N7O/c27-23-18-6-2-1-5-17(18)15-26(23)9-13-32(14-10-26)21-16-30-22(24(28)31-21)25(34)33-12-4-7-19-20(33)8-3-11-29-19/h1-3,5-6,8,11,16,23H,4,7,9-10,12-15,27H2,(H2,28,31). The van der Waals surface area contributed by atoms with Crippen LogP contribution >= 0.6 is 0 Å². The minimum absolute atomic E-state index is 0.0731. The first-order valence-corrected chi connectivity index (χ1v) is 12.0. The fraction of sp³-hybridized carbons (Fsp3) is 0.385. The third-order valence-electron chi connectivity index (χ3n) is 7.86. The van der Waals surface area contributed by atoms with Gasteiger partial charge in [-0.15, -0.1) is 0 Å². The molecule has 0 bridgehead atoms. The Morgan fingerprint density at radius 1 is 1.06 bits per heavy atom. The van der Waals surface area contributed by atoms with E-state index in [4.69, 9.17) is 11.5 Å². The monoisotopic (exact) mass is 455 g/mol. The lowest BCUT2D eigenvalue weighted by molar-refractivity contribution is 0.0981. The molecule has 8 nitrogen and oxygen atoms in total. The van der Waals surface area contributed by atoms with Gasteiger partial charge < -0.3 is 21.3 Å². The SMILES string of the molecule is Nc1nc(N2CCC3(CC2)Cc2ccccc2C3N)cnc1C(=O)N1CCCc2ncccc21. The number of nitrogens with zero attached hydrogens (tertiary/aromatic N) is 5. The Morgan fingerprint density at radius 2 is 1.88 bits per heavy atom. The van der Waals surface area contributed by atoms with E-state index in [2.05, 4.69) is 44.1 Å². The number of piperidine rings is 1. The van der Waals surface area contributed by atoms with Gasteiger partial charge in [-0.1, -0.05) is 24.3 Å².